The highest BCUT2D eigenvalue weighted by Gasteiger charge is 2.37. The van der Waals surface area contributed by atoms with Crippen LogP contribution in [0.4, 0.5) is 10.5 Å². The van der Waals surface area contributed by atoms with Gasteiger partial charge in [0.2, 0.25) is 5.91 Å². The number of anilines is 1. The van der Waals surface area contributed by atoms with Gasteiger partial charge in [0.05, 0.1) is 7.11 Å². The van der Waals surface area contributed by atoms with Gasteiger partial charge in [0, 0.05) is 24.7 Å². The third kappa shape index (κ3) is 4.93. The number of imide groups is 1. The Bertz CT molecular complexity index is 1010. The van der Waals surface area contributed by atoms with Crippen molar-refractivity contribution in [2.45, 2.75) is 25.3 Å². The van der Waals surface area contributed by atoms with Gasteiger partial charge in [-0.3, -0.25) is 14.5 Å². The second kappa shape index (κ2) is 9.59. The molecule has 2 aliphatic rings. The fourth-order valence-electron chi connectivity index (χ4n) is 3.64. The Balaban J connectivity index is 1.26. The monoisotopic (exact) mass is 439 g/mol. The van der Waals surface area contributed by atoms with Gasteiger partial charge in [-0.05, 0) is 42.7 Å². The molecule has 168 valence electrons. The standard InChI is InChI=1S/C23H25N3O6/c1-30-17-5-2-15(3-6-17)10-11-26-22(28)18(25-23(26)29)7-9-21(27)24-16-4-8-19-20(14-16)32-13-12-31-19/h2-6,8,14,18H,7,9-13H2,1H3,(H,24,27)(H,25,29). The molecular weight excluding hydrogens is 414 g/mol. The molecule has 2 heterocycles. The minimum absolute atomic E-state index is 0.0947. The summed E-state index contributed by atoms with van der Waals surface area (Å²) >= 11 is 0. The molecule has 2 aromatic carbocycles. The van der Waals surface area contributed by atoms with Crippen molar-refractivity contribution in [2.24, 2.45) is 0 Å². The first kappa shape index (κ1) is 21.5. The molecule has 9 heteroatoms. The normalized spacial score (nSPS) is 17.2. The van der Waals surface area contributed by atoms with Crippen LogP contribution in [-0.2, 0) is 16.0 Å². The predicted octanol–water partition coefficient (Wildman–Crippen LogP) is 2.35. The maximum absolute atomic E-state index is 12.6. The Hall–Kier alpha value is -3.75. The molecule has 0 radical (unpaired) electrons. The van der Waals surface area contributed by atoms with E-state index in [9.17, 15) is 14.4 Å². The first-order valence-electron chi connectivity index (χ1n) is 10.5. The first-order chi connectivity index (χ1) is 15.5. The van der Waals surface area contributed by atoms with E-state index in [1.165, 1.54) is 4.90 Å². The zero-order valence-electron chi connectivity index (χ0n) is 17.8. The van der Waals surface area contributed by atoms with Crippen LogP contribution in [0.5, 0.6) is 17.2 Å². The van der Waals surface area contributed by atoms with E-state index in [1.807, 2.05) is 24.3 Å². The van der Waals surface area contributed by atoms with Crippen molar-refractivity contribution in [1.29, 1.82) is 0 Å². The number of benzene rings is 2. The lowest BCUT2D eigenvalue weighted by molar-refractivity contribution is -0.127. The number of hydrogen-bond donors (Lipinski definition) is 2. The molecule has 2 aliphatic heterocycles. The quantitative estimate of drug-likeness (QED) is 0.612. The fraction of sp³-hybridized carbons (Fsp3) is 0.348. The van der Waals surface area contributed by atoms with Crippen molar-refractivity contribution < 1.29 is 28.6 Å². The molecule has 9 nitrogen and oxygen atoms in total. The van der Waals surface area contributed by atoms with Gasteiger partial charge in [-0.25, -0.2) is 4.79 Å². The third-order valence-electron chi connectivity index (χ3n) is 5.38. The van der Waals surface area contributed by atoms with Crippen LogP contribution in [0.15, 0.2) is 42.5 Å². The van der Waals surface area contributed by atoms with E-state index in [0.717, 1.165) is 11.3 Å². The molecule has 0 aromatic heterocycles. The minimum atomic E-state index is -0.704. The minimum Gasteiger partial charge on any atom is -0.497 e. The number of carbonyl (C=O) groups is 3. The average Bonchev–Trinajstić information content (AvgIpc) is 3.09. The lowest BCUT2D eigenvalue weighted by atomic mass is 10.1. The number of urea groups is 1. The molecule has 32 heavy (non-hydrogen) atoms. The molecule has 1 unspecified atom stereocenters. The molecule has 1 atom stereocenters. The zero-order chi connectivity index (χ0) is 22.5. The van der Waals surface area contributed by atoms with Gasteiger partial charge >= 0.3 is 6.03 Å². The lowest BCUT2D eigenvalue weighted by Crippen LogP contribution is -2.33. The number of nitrogens with zero attached hydrogens (tertiary/aromatic N) is 1. The van der Waals surface area contributed by atoms with Gasteiger partial charge in [0.15, 0.2) is 11.5 Å². The summed E-state index contributed by atoms with van der Waals surface area (Å²) in [6.07, 6.45) is 0.859. The molecule has 0 aliphatic carbocycles. The van der Waals surface area contributed by atoms with Crippen LogP contribution in [-0.4, -0.2) is 55.7 Å². The van der Waals surface area contributed by atoms with Crippen molar-refractivity contribution in [3.05, 3.63) is 48.0 Å². The first-order valence-corrected chi connectivity index (χ1v) is 10.5. The second-order valence-electron chi connectivity index (χ2n) is 7.54. The van der Waals surface area contributed by atoms with E-state index in [1.54, 1.807) is 25.3 Å². The van der Waals surface area contributed by atoms with Crippen LogP contribution < -0.4 is 24.8 Å². The smallest absolute Gasteiger partial charge is 0.324 e. The highest BCUT2D eigenvalue weighted by Crippen LogP contribution is 2.32. The van der Waals surface area contributed by atoms with Gasteiger partial charge in [0.1, 0.15) is 25.0 Å². The Morgan fingerprint density at radius 1 is 1.12 bits per heavy atom. The molecular formula is C23H25N3O6. The molecule has 1 fully saturated rings. The SMILES string of the molecule is COc1ccc(CCN2C(=O)NC(CCC(=O)Nc3ccc4c(c3)OCCO4)C2=O)cc1. The maximum Gasteiger partial charge on any atom is 0.324 e. The van der Waals surface area contributed by atoms with Crippen molar-refractivity contribution >= 4 is 23.5 Å². The van der Waals surface area contributed by atoms with Gasteiger partial charge in [-0.2, -0.15) is 0 Å². The van der Waals surface area contributed by atoms with E-state index < -0.39 is 12.1 Å². The van der Waals surface area contributed by atoms with Crippen molar-refractivity contribution in [3.8, 4) is 17.2 Å². The summed E-state index contributed by atoms with van der Waals surface area (Å²) in [6.45, 7) is 1.23. The van der Waals surface area contributed by atoms with Crippen LogP contribution >= 0.6 is 0 Å². The van der Waals surface area contributed by atoms with Crippen molar-refractivity contribution in [1.82, 2.24) is 10.2 Å². The summed E-state index contributed by atoms with van der Waals surface area (Å²) in [6, 6.07) is 11.5. The van der Waals surface area contributed by atoms with Crippen LogP contribution in [0.1, 0.15) is 18.4 Å². The summed E-state index contributed by atoms with van der Waals surface area (Å²) in [4.78, 5) is 38.4. The highest BCUT2D eigenvalue weighted by atomic mass is 16.6. The van der Waals surface area contributed by atoms with Crippen LogP contribution in [0, 0.1) is 0 Å². The molecule has 0 spiro atoms. The van der Waals surface area contributed by atoms with Crippen molar-refractivity contribution in [3.63, 3.8) is 0 Å². The number of rotatable bonds is 8. The average molecular weight is 439 g/mol. The third-order valence-corrected chi connectivity index (χ3v) is 5.38. The predicted molar refractivity (Wildman–Crippen MR) is 116 cm³/mol. The Morgan fingerprint density at radius 3 is 2.62 bits per heavy atom. The van der Waals surface area contributed by atoms with Crippen LogP contribution in [0.2, 0.25) is 0 Å². The van der Waals surface area contributed by atoms with Gasteiger partial charge in [-0.15, -0.1) is 0 Å². The summed E-state index contributed by atoms with van der Waals surface area (Å²) < 4.78 is 16.1. The maximum atomic E-state index is 12.6. The molecule has 2 N–H and O–H groups in total. The van der Waals surface area contributed by atoms with Crippen molar-refractivity contribution in [2.75, 3.05) is 32.2 Å². The summed E-state index contributed by atoms with van der Waals surface area (Å²) in [5.74, 6) is 1.41. The number of hydrogen-bond acceptors (Lipinski definition) is 6. The number of carbonyl (C=O) groups excluding carboxylic acids is 3. The Morgan fingerprint density at radius 2 is 1.88 bits per heavy atom. The summed E-state index contributed by atoms with van der Waals surface area (Å²) in [5, 5.41) is 5.46. The van der Waals surface area contributed by atoms with E-state index in [0.29, 0.717) is 36.8 Å². The second-order valence-corrected chi connectivity index (χ2v) is 7.54. The van der Waals surface area contributed by atoms with Crippen LogP contribution in [0.3, 0.4) is 0 Å². The highest BCUT2D eigenvalue weighted by molar-refractivity contribution is 6.04. The number of nitrogens with one attached hydrogen (secondary N) is 2. The van der Waals surface area contributed by atoms with Gasteiger partial charge < -0.3 is 24.8 Å². The number of amides is 4. The van der Waals surface area contributed by atoms with E-state index in [2.05, 4.69) is 10.6 Å². The molecule has 0 bridgehead atoms. The summed E-state index contributed by atoms with van der Waals surface area (Å²) in [7, 11) is 1.60. The van der Waals surface area contributed by atoms with Gasteiger partial charge in [-0.1, -0.05) is 12.1 Å². The topological polar surface area (TPSA) is 106 Å². The largest absolute Gasteiger partial charge is 0.497 e. The van der Waals surface area contributed by atoms with Gasteiger partial charge in [0.25, 0.3) is 5.91 Å². The molecule has 2 aromatic rings. The number of methoxy groups -OCH3 is 1. The molecule has 0 saturated carbocycles. The number of fused-ring (bicyclic) bond motifs is 1. The molecule has 4 amide bonds. The summed E-state index contributed by atoms with van der Waals surface area (Å²) in [5.41, 5.74) is 1.58. The lowest BCUT2D eigenvalue weighted by Gasteiger charge is -2.19. The zero-order valence-corrected chi connectivity index (χ0v) is 17.8. The Labute approximate surface area is 185 Å². The molecule has 1 saturated heterocycles. The van der Waals surface area contributed by atoms with E-state index in [4.69, 9.17) is 14.2 Å². The van der Waals surface area contributed by atoms with E-state index >= 15 is 0 Å². The van der Waals surface area contributed by atoms with Crippen LogP contribution in [0.25, 0.3) is 0 Å². The Kier molecular flexibility index (Phi) is 6.44. The van der Waals surface area contributed by atoms with E-state index in [-0.39, 0.29) is 31.2 Å². The molecule has 4 rings (SSSR count). The number of ether oxygens (including phenoxy) is 3. The fourth-order valence-corrected chi connectivity index (χ4v) is 3.64.